The predicted octanol–water partition coefficient (Wildman–Crippen LogP) is 2.78. The molecule has 0 amide bonds. The van der Waals surface area contributed by atoms with Crippen molar-refractivity contribution < 1.29 is 14.3 Å². The normalized spacial score (nSPS) is 10.5. The number of fused-ring (bicyclic) bond motifs is 1. The smallest absolute Gasteiger partial charge is 0.339 e. The number of furan rings is 1. The highest BCUT2D eigenvalue weighted by molar-refractivity contribution is 6.35. The summed E-state index contributed by atoms with van der Waals surface area (Å²) in [5.74, 6) is -1.02. The van der Waals surface area contributed by atoms with Crippen LogP contribution in [0.3, 0.4) is 0 Å². The van der Waals surface area contributed by atoms with Crippen LogP contribution in [0, 0.1) is 0 Å². The van der Waals surface area contributed by atoms with Gasteiger partial charge in [-0.15, -0.1) is 0 Å². The summed E-state index contributed by atoms with van der Waals surface area (Å²) in [6.07, 6.45) is 1.33. The molecule has 0 radical (unpaired) electrons. The molecule has 1 aromatic carbocycles. The number of carboxylic acids is 1. The van der Waals surface area contributed by atoms with Crippen molar-refractivity contribution in [3.63, 3.8) is 0 Å². The van der Waals surface area contributed by atoms with Gasteiger partial charge in [0.2, 0.25) is 0 Å². The minimum absolute atomic E-state index is 0.129. The highest BCUT2D eigenvalue weighted by Crippen LogP contribution is 2.27. The number of rotatable bonds is 1. The topological polar surface area (TPSA) is 50.4 Å². The van der Waals surface area contributed by atoms with Gasteiger partial charge in [-0.2, -0.15) is 0 Å². The first kappa shape index (κ1) is 8.13. The van der Waals surface area contributed by atoms with E-state index in [0.29, 0.717) is 16.0 Å². The Hall–Kier alpha value is -1.48. The number of aromatic carboxylic acids is 1. The van der Waals surface area contributed by atoms with E-state index in [1.165, 1.54) is 12.3 Å². The van der Waals surface area contributed by atoms with Crippen LogP contribution in [0.15, 0.2) is 28.9 Å². The van der Waals surface area contributed by atoms with Crippen LogP contribution >= 0.6 is 11.6 Å². The number of hydrogen-bond acceptors (Lipinski definition) is 2. The molecule has 3 nitrogen and oxygen atoms in total. The van der Waals surface area contributed by atoms with Crippen LogP contribution in [0.1, 0.15) is 10.4 Å². The van der Waals surface area contributed by atoms with Crippen LogP contribution in [0.2, 0.25) is 5.02 Å². The van der Waals surface area contributed by atoms with Crippen LogP contribution in [0.5, 0.6) is 0 Å². The Labute approximate surface area is 78.5 Å². The molecule has 0 spiro atoms. The van der Waals surface area contributed by atoms with Gasteiger partial charge in [0.1, 0.15) is 17.4 Å². The minimum atomic E-state index is -1.02. The molecule has 0 saturated carbocycles. The highest BCUT2D eigenvalue weighted by atomic mass is 35.5. The van der Waals surface area contributed by atoms with E-state index in [4.69, 9.17) is 21.1 Å². The average Bonchev–Trinajstić information content (AvgIpc) is 2.48. The summed E-state index contributed by atoms with van der Waals surface area (Å²) in [5, 5.41) is 9.84. The van der Waals surface area contributed by atoms with Crippen molar-refractivity contribution in [2.45, 2.75) is 0 Å². The van der Waals surface area contributed by atoms with Gasteiger partial charge in [-0.05, 0) is 12.1 Å². The third kappa shape index (κ3) is 1.17. The number of carbonyl (C=O) groups is 1. The zero-order valence-electron chi connectivity index (χ0n) is 6.45. The van der Waals surface area contributed by atoms with Gasteiger partial charge in [-0.3, -0.25) is 0 Å². The number of hydrogen-bond donors (Lipinski definition) is 1. The first-order chi connectivity index (χ1) is 6.20. The Morgan fingerprint density at radius 3 is 2.92 bits per heavy atom. The number of benzene rings is 1. The highest BCUT2D eigenvalue weighted by Gasteiger charge is 2.12. The van der Waals surface area contributed by atoms with E-state index >= 15 is 0 Å². The summed E-state index contributed by atoms with van der Waals surface area (Å²) in [5.41, 5.74) is 0.449. The number of para-hydroxylation sites is 1. The lowest BCUT2D eigenvalue weighted by atomic mass is 10.1. The second-order valence-electron chi connectivity index (χ2n) is 2.57. The van der Waals surface area contributed by atoms with E-state index in [-0.39, 0.29) is 5.56 Å². The van der Waals surface area contributed by atoms with Crippen molar-refractivity contribution in [3.05, 3.63) is 35.0 Å². The van der Waals surface area contributed by atoms with Gasteiger partial charge in [0, 0.05) is 5.39 Å². The predicted molar refractivity (Wildman–Crippen MR) is 48.2 cm³/mol. The van der Waals surface area contributed by atoms with Gasteiger partial charge in [0.05, 0.1) is 5.02 Å². The molecule has 0 atom stereocenters. The Kier molecular flexibility index (Phi) is 1.74. The van der Waals surface area contributed by atoms with Crippen molar-refractivity contribution in [2.24, 2.45) is 0 Å². The zero-order chi connectivity index (χ0) is 9.42. The molecule has 1 heterocycles. The van der Waals surface area contributed by atoms with E-state index in [2.05, 4.69) is 0 Å². The lowest BCUT2D eigenvalue weighted by Gasteiger charge is -1.94. The third-order valence-electron chi connectivity index (χ3n) is 1.78. The monoisotopic (exact) mass is 196 g/mol. The van der Waals surface area contributed by atoms with E-state index in [1.54, 1.807) is 12.1 Å². The lowest BCUT2D eigenvalue weighted by molar-refractivity contribution is 0.0698. The first-order valence-electron chi connectivity index (χ1n) is 3.59. The van der Waals surface area contributed by atoms with E-state index in [9.17, 15) is 4.79 Å². The summed E-state index contributed by atoms with van der Waals surface area (Å²) >= 11 is 5.76. The molecule has 0 aliphatic carbocycles. The van der Waals surface area contributed by atoms with Gasteiger partial charge in [0.15, 0.2) is 0 Å². The van der Waals surface area contributed by atoms with Crippen LogP contribution in [0.25, 0.3) is 11.0 Å². The summed E-state index contributed by atoms with van der Waals surface area (Å²) in [4.78, 5) is 10.7. The van der Waals surface area contributed by atoms with Crippen molar-refractivity contribution in [1.82, 2.24) is 0 Å². The molecule has 66 valence electrons. The van der Waals surface area contributed by atoms with E-state index in [0.717, 1.165) is 0 Å². The largest absolute Gasteiger partial charge is 0.478 e. The molecule has 2 aromatic rings. The Balaban J connectivity index is 2.84. The second kappa shape index (κ2) is 2.78. The van der Waals surface area contributed by atoms with Gasteiger partial charge < -0.3 is 9.52 Å². The Morgan fingerprint density at radius 2 is 2.23 bits per heavy atom. The quantitative estimate of drug-likeness (QED) is 0.763. The standard InChI is InChI=1S/C9H5ClO3/c10-7-4-13-8-5(7)2-1-3-6(8)9(11)12/h1-4H,(H,11,12). The molecule has 0 aliphatic heterocycles. The van der Waals surface area contributed by atoms with Crippen LogP contribution in [-0.2, 0) is 0 Å². The van der Waals surface area contributed by atoms with E-state index < -0.39 is 5.97 Å². The lowest BCUT2D eigenvalue weighted by Crippen LogP contribution is -1.95. The molecule has 1 N–H and O–H groups in total. The van der Waals surface area contributed by atoms with Crippen LogP contribution in [-0.4, -0.2) is 11.1 Å². The molecular weight excluding hydrogens is 192 g/mol. The third-order valence-corrected chi connectivity index (χ3v) is 2.08. The maximum Gasteiger partial charge on any atom is 0.339 e. The van der Waals surface area contributed by atoms with Crippen molar-refractivity contribution in [1.29, 1.82) is 0 Å². The van der Waals surface area contributed by atoms with Crippen LogP contribution < -0.4 is 0 Å². The maximum atomic E-state index is 10.7. The minimum Gasteiger partial charge on any atom is -0.478 e. The zero-order valence-corrected chi connectivity index (χ0v) is 7.21. The Bertz CT molecular complexity index is 473. The molecule has 0 aliphatic rings. The summed E-state index contributed by atoms with van der Waals surface area (Å²) in [6.45, 7) is 0. The molecule has 0 fully saturated rings. The second-order valence-corrected chi connectivity index (χ2v) is 2.98. The molecule has 4 heteroatoms. The molecular formula is C9H5ClO3. The number of carboxylic acid groups (broad SMARTS) is 1. The van der Waals surface area contributed by atoms with Crippen molar-refractivity contribution >= 4 is 28.5 Å². The molecule has 2 rings (SSSR count). The first-order valence-corrected chi connectivity index (χ1v) is 3.97. The summed E-state index contributed by atoms with van der Waals surface area (Å²) < 4.78 is 5.03. The van der Waals surface area contributed by atoms with E-state index in [1.807, 2.05) is 0 Å². The van der Waals surface area contributed by atoms with Crippen LogP contribution in [0.4, 0.5) is 0 Å². The van der Waals surface area contributed by atoms with Gasteiger partial charge >= 0.3 is 5.97 Å². The average molecular weight is 197 g/mol. The fourth-order valence-corrected chi connectivity index (χ4v) is 1.39. The fourth-order valence-electron chi connectivity index (χ4n) is 1.19. The van der Waals surface area contributed by atoms with Crippen molar-refractivity contribution in [3.8, 4) is 0 Å². The molecule has 0 unspecified atom stereocenters. The van der Waals surface area contributed by atoms with Gasteiger partial charge in [-0.1, -0.05) is 17.7 Å². The maximum absolute atomic E-state index is 10.7. The fraction of sp³-hybridized carbons (Fsp3) is 0. The number of halogens is 1. The van der Waals surface area contributed by atoms with Gasteiger partial charge in [0.25, 0.3) is 0 Å². The molecule has 1 aromatic heterocycles. The Morgan fingerprint density at radius 1 is 1.46 bits per heavy atom. The SMILES string of the molecule is O=C(O)c1cccc2c(Cl)coc12. The molecule has 13 heavy (non-hydrogen) atoms. The molecule has 0 bridgehead atoms. The van der Waals surface area contributed by atoms with Crippen molar-refractivity contribution in [2.75, 3.05) is 0 Å². The molecule has 0 saturated heterocycles. The summed E-state index contributed by atoms with van der Waals surface area (Å²) in [7, 11) is 0. The van der Waals surface area contributed by atoms with Gasteiger partial charge in [-0.25, -0.2) is 4.79 Å². The summed E-state index contributed by atoms with van der Waals surface area (Å²) in [6, 6.07) is 4.82.